The van der Waals surface area contributed by atoms with Gasteiger partial charge in [0.2, 0.25) is 0 Å². The number of nitrogens with one attached hydrogen (secondary N) is 4. The van der Waals surface area contributed by atoms with Crippen LogP contribution in [0.2, 0.25) is 0 Å². The highest BCUT2D eigenvalue weighted by atomic mass is 32.1. The van der Waals surface area contributed by atoms with E-state index >= 15 is 0 Å². The van der Waals surface area contributed by atoms with Crippen LogP contribution in [0, 0.1) is 0 Å². The predicted molar refractivity (Wildman–Crippen MR) is 140 cm³/mol. The van der Waals surface area contributed by atoms with Crippen molar-refractivity contribution >= 4 is 42.3 Å². The van der Waals surface area contributed by atoms with Crippen LogP contribution in [0.1, 0.15) is 44.2 Å². The van der Waals surface area contributed by atoms with Gasteiger partial charge in [-0.05, 0) is 61.9 Å². The molecule has 1 saturated carbocycles. The molecule has 0 bridgehead atoms. The van der Waals surface area contributed by atoms with Crippen LogP contribution in [-0.2, 0) is 9.19 Å². The van der Waals surface area contributed by atoms with Crippen molar-refractivity contribution in [2.45, 2.75) is 50.7 Å². The van der Waals surface area contributed by atoms with Gasteiger partial charge in [0.05, 0.1) is 12.7 Å². The van der Waals surface area contributed by atoms with Gasteiger partial charge in [-0.25, -0.2) is 10.0 Å². The Labute approximate surface area is 206 Å². The second-order valence-corrected chi connectivity index (χ2v) is 10.8. The first-order chi connectivity index (χ1) is 15.8. The Balaban J connectivity index is 1.47. The van der Waals surface area contributed by atoms with Crippen molar-refractivity contribution in [2.75, 3.05) is 6.66 Å². The van der Waals surface area contributed by atoms with Gasteiger partial charge in [0.25, 0.3) is 0 Å². The Morgan fingerprint density at radius 1 is 0.939 bits per heavy atom. The number of thiocarbonyl (C=S) groups is 2. The molecule has 1 aliphatic rings. The Hall–Kier alpha value is -2.19. The van der Waals surface area contributed by atoms with E-state index in [1.165, 1.54) is 12.2 Å². The fourth-order valence-corrected chi connectivity index (χ4v) is 5.10. The number of hydrogen-bond acceptors (Lipinski definition) is 5. The van der Waals surface area contributed by atoms with E-state index in [4.69, 9.17) is 33.6 Å². The van der Waals surface area contributed by atoms with Crippen LogP contribution in [0.3, 0.4) is 0 Å². The molecule has 0 radical (unpaired) electrons. The summed E-state index contributed by atoms with van der Waals surface area (Å²) in [5.41, 5.74) is 3.74. The molecule has 33 heavy (non-hydrogen) atoms. The van der Waals surface area contributed by atoms with Gasteiger partial charge in [0.15, 0.2) is 10.2 Å². The summed E-state index contributed by atoms with van der Waals surface area (Å²) in [6.07, 6.45) is 4.09. The van der Waals surface area contributed by atoms with Gasteiger partial charge in [-0.3, -0.25) is 0 Å². The van der Waals surface area contributed by atoms with Gasteiger partial charge in [-0.1, -0.05) is 61.4 Å². The molecule has 178 valence electrons. The third-order valence-corrected chi connectivity index (χ3v) is 6.77. The molecule has 0 spiro atoms. The van der Waals surface area contributed by atoms with E-state index in [0.29, 0.717) is 10.9 Å². The molecule has 2 aromatic carbocycles. The highest BCUT2D eigenvalue weighted by Crippen LogP contribution is 2.43. The molecule has 3 rings (SSSR count). The quantitative estimate of drug-likeness (QED) is 0.229. The average molecular weight is 507 g/mol. The molecule has 1 unspecified atom stereocenters. The highest BCUT2D eigenvalue weighted by molar-refractivity contribution is 7.80. The predicted octanol–water partition coefficient (Wildman–Crippen LogP) is 4.82. The third-order valence-electron chi connectivity index (χ3n) is 5.36. The molecule has 0 saturated heterocycles. The number of hydroxylamine groups is 1. The maximum absolute atomic E-state index is 12.6. The molecule has 7 nitrogen and oxygen atoms in total. The lowest BCUT2D eigenvalue weighted by Crippen LogP contribution is -2.56. The molecule has 1 aliphatic carbocycles. The Morgan fingerprint density at radius 3 is 2.09 bits per heavy atom. The second kappa shape index (κ2) is 12.3. The molecule has 2 aromatic rings. The van der Waals surface area contributed by atoms with Gasteiger partial charge in [-0.15, -0.1) is 0 Å². The van der Waals surface area contributed by atoms with Crippen LogP contribution in [0.25, 0.3) is 0 Å². The number of para-hydroxylation sites is 1. The van der Waals surface area contributed by atoms with Crippen LogP contribution in [0.15, 0.2) is 60.7 Å². The fraction of sp³-hybridized carbons (Fsp3) is 0.391. The van der Waals surface area contributed by atoms with Crippen molar-refractivity contribution in [3.63, 3.8) is 0 Å². The van der Waals surface area contributed by atoms with Gasteiger partial charge >= 0.3 is 7.60 Å². The standard InChI is InChI=1S/C23H31N4O3PS2/c1-17(18-11-5-3-6-12-18)24-22(32)25-20-15-9-10-16-21(20)26-23(33)27-30-31(2,28)29-19-13-7-4-8-14-19/h3-8,11-14,17,20-21H,9-10,15-16H2,1-2H3,(H2,24,25,32)(H2,26,27,33)/t17-,20+,21+,31?/m0/s1. The molecule has 0 heterocycles. The number of hydrogen-bond donors (Lipinski definition) is 4. The first-order valence-corrected chi connectivity index (χ1v) is 13.8. The summed E-state index contributed by atoms with van der Waals surface area (Å²) in [5.74, 6) is 0.464. The lowest BCUT2D eigenvalue weighted by molar-refractivity contribution is 0.221. The van der Waals surface area contributed by atoms with E-state index in [-0.39, 0.29) is 23.2 Å². The zero-order chi connectivity index (χ0) is 23.7. The van der Waals surface area contributed by atoms with Gasteiger partial charge in [0, 0.05) is 12.1 Å². The van der Waals surface area contributed by atoms with E-state index in [0.717, 1.165) is 25.7 Å². The summed E-state index contributed by atoms with van der Waals surface area (Å²) in [6, 6.07) is 19.3. The zero-order valence-electron chi connectivity index (χ0n) is 18.8. The third kappa shape index (κ3) is 8.59. The minimum absolute atomic E-state index is 0.0559. The van der Waals surface area contributed by atoms with Crippen LogP contribution in [0.5, 0.6) is 5.75 Å². The maximum atomic E-state index is 12.6. The van der Waals surface area contributed by atoms with Crippen LogP contribution < -0.4 is 26.0 Å². The topological polar surface area (TPSA) is 83.6 Å². The van der Waals surface area contributed by atoms with Crippen LogP contribution in [0.4, 0.5) is 0 Å². The largest absolute Gasteiger partial charge is 0.423 e. The molecular formula is C23H31N4O3PS2. The SMILES string of the molecule is C[C@H](NC(=S)N[C@@H]1CCCC[C@H]1NC(=S)NOP(C)(=O)Oc1ccccc1)c1ccccc1. The van der Waals surface area contributed by atoms with Crippen molar-refractivity contribution in [3.05, 3.63) is 66.2 Å². The first-order valence-electron chi connectivity index (χ1n) is 11.0. The maximum Gasteiger partial charge on any atom is 0.397 e. The first kappa shape index (κ1) is 25.4. The minimum atomic E-state index is -3.39. The molecule has 0 amide bonds. The Morgan fingerprint density at radius 2 is 1.48 bits per heavy atom. The van der Waals surface area contributed by atoms with E-state index in [1.807, 2.05) is 24.3 Å². The summed E-state index contributed by atoms with van der Waals surface area (Å²) in [4.78, 5) is 0. The van der Waals surface area contributed by atoms with Crippen molar-refractivity contribution in [1.29, 1.82) is 0 Å². The van der Waals surface area contributed by atoms with Crippen molar-refractivity contribution in [3.8, 4) is 5.75 Å². The summed E-state index contributed by atoms with van der Waals surface area (Å²) >= 11 is 10.9. The fourth-order valence-electron chi connectivity index (χ4n) is 3.72. The minimum Gasteiger partial charge on any atom is -0.423 e. The zero-order valence-corrected chi connectivity index (χ0v) is 21.3. The normalized spacial score (nSPS) is 20.5. The number of rotatable bonds is 8. The Kier molecular flexibility index (Phi) is 9.50. The average Bonchev–Trinajstić information content (AvgIpc) is 2.80. The Bertz CT molecular complexity index is 965. The van der Waals surface area contributed by atoms with Crippen LogP contribution >= 0.6 is 32.0 Å². The molecular weight excluding hydrogens is 475 g/mol. The molecule has 4 atom stereocenters. The molecule has 0 aliphatic heterocycles. The molecule has 1 fully saturated rings. The van der Waals surface area contributed by atoms with E-state index < -0.39 is 7.60 Å². The van der Waals surface area contributed by atoms with Crippen molar-refractivity contribution in [2.24, 2.45) is 0 Å². The highest BCUT2D eigenvalue weighted by Gasteiger charge is 2.27. The second-order valence-electron chi connectivity index (χ2n) is 8.09. The summed E-state index contributed by atoms with van der Waals surface area (Å²) in [6.45, 7) is 3.47. The molecule has 10 heteroatoms. The smallest absolute Gasteiger partial charge is 0.397 e. The summed E-state index contributed by atoms with van der Waals surface area (Å²) in [7, 11) is -3.39. The summed E-state index contributed by atoms with van der Waals surface area (Å²) < 4.78 is 23.3. The lowest BCUT2D eigenvalue weighted by atomic mass is 9.90. The van der Waals surface area contributed by atoms with E-state index in [9.17, 15) is 4.57 Å². The van der Waals surface area contributed by atoms with Crippen molar-refractivity contribution < 1.29 is 13.7 Å². The molecule has 4 N–H and O–H groups in total. The lowest BCUT2D eigenvalue weighted by Gasteiger charge is -2.34. The van der Waals surface area contributed by atoms with Gasteiger partial charge in [-0.2, -0.15) is 4.62 Å². The van der Waals surface area contributed by atoms with E-state index in [2.05, 4.69) is 40.5 Å². The molecule has 0 aromatic heterocycles. The van der Waals surface area contributed by atoms with E-state index in [1.54, 1.807) is 24.3 Å². The summed E-state index contributed by atoms with van der Waals surface area (Å²) in [5, 5.41) is 10.9. The van der Waals surface area contributed by atoms with Gasteiger partial charge in [0.1, 0.15) is 5.75 Å². The number of benzene rings is 2. The van der Waals surface area contributed by atoms with Gasteiger partial charge < -0.3 is 20.5 Å². The monoisotopic (exact) mass is 506 g/mol. The van der Waals surface area contributed by atoms with Crippen molar-refractivity contribution in [1.82, 2.24) is 21.4 Å². The van der Waals surface area contributed by atoms with Crippen LogP contribution in [-0.4, -0.2) is 29.0 Å².